The maximum atomic E-state index is 13.8. The lowest BCUT2D eigenvalue weighted by atomic mass is 10.3. The highest BCUT2D eigenvalue weighted by molar-refractivity contribution is 6.31. The summed E-state index contributed by atoms with van der Waals surface area (Å²) in [6, 6.07) is 1.27. The fraction of sp³-hybridized carbons (Fsp3) is 0.217. The molecule has 0 saturated carbocycles. The van der Waals surface area contributed by atoms with Gasteiger partial charge < -0.3 is 10.1 Å². The first kappa shape index (κ1) is 36.5. The minimum Gasteiger partial charge on any atom is -0.505 e. The summed E-state index contributed by atoms with van der Waals surface area (Å²) in [5.41, 5.74) is -9.84. The Bertz CT molecular complexity index is 2100. The third kappa shape index (κ3) is 7.17. The van der Waals surface area contributed by atoms with Gasteiger partial charge >= 0.3 is 23.7 Å². The molecule has 2 N–H and O–H groups in total. The standard InChI is InChI=1S/2C11H6ClF4N3O3.CH4/c1-18-6(11(14,15)16)3-7(21)19(10(18)22)9-4(13)2-5(20)8(12)17-9;1-18-6(11(14,15)16)3-7(20)19(10(18)22)8-5(13)2-4(12)9(21)17-8;/h2-3,20H,1H3;2-3H,1H3,(H,17,21);1H4. The van der Waals surface area contributed by atoms with E-state index < -0.39 is 91.0 Å². The van der Waals surface area contributed by atoms with Crippen molar-refractivity contribution in [3.05, 3.63) is 109 Å². The van der Waals surface area contributed by atoms with Crippen LogP contribution < -0.4 is 28.1 Å². The van der Waals surface area contributed by atoms with Crippen LogP contribution in [0.25, 0.3) is 11.6 Å². The van der Waals surface area contributed by atoms with Gasteiger partial charge in [0.15, 0.2) is 34.2 Å². The van der Waals surface area contributed by atoms with Crippen molar-refractivity contribution in [1.29, 1.82) is 0 Å². The number of pyridine rings is 2. The molecular weight excluding hydrogens is 679 g/mol. The molecule has 0 aliphatic carbocycles. The number of nitrogens with zero attached hydrogens (tertiary/aromatic N) is 5. The minimum atomic E-state index is -4.95. The number of hydrogen-bond acceptors (Lipinski definition) is 7. The van der Waals surface area contributed by atoms with Crippen LogP contribution in [0.5, 0.6) is 5.75 Å². The molecule has 45 heavy (non-hydrogen) atoms. The number of aromatic nitrogens is 6. The van der Waals surface area contributed by atoms with Gasteiger partial charge in [-0.05, 0) is 0 Å². The highest BCUT2D eigenvalue weighted by Gasteiger charge is 2.36. The Morgan fingerprint density at radius 1 is 0.756 bits per heavy atom. The molecule has 0 aliphatic rings. The molecule has 4 aromatic rings. The number of alkyl halides is 6. The Morgan fingerprint density at radius 2 is 1.20 bits per heavy atom. The molecule has 0 fully saturated rings. The van der Waals surface area contributed by atoms with Crippen molar-refractivity contribution < 1.29 is 40.2 Å². The van der Waals surface area contributed by atoms with Gasteiger partial charge in [0.2, 0.25) is 0 Å². The summed E-state index contributed by atoms with van der Waals surface area (Å²) in [5, 5.41) is 8.00. The molecule has 0 aromatic carbocycles. The number of aromatic hydroxyl groups is 1. The van der Waals surface area contributed by atoms with Crippen LogP contribution in [0.1, 0.15) is 18.8 Å². The zero-order valence-corrected chi connectivity index (χ0v) is 22.8. The normalized spacial score (nSPS) is 11.5. The van der Waals surface area contributed by atoms with Gasteiger partial charge in [0.25, 0.3) is 16.7 Å². The number of halogens is 10. The monoisotopic (exact) mass is 694 g/mol. The average molecular weight is 695 g/mol. The van der Waals surface area contributed by atoms with E-state index in [0.717, 1.165) is 14.1 Å². The zero-order valence-electron chi connectivity index (χ0n) is 21.3. The molecule has 244 valence electrons. The summed E-state index contributed by atoms with van der Waals surface area (Å²) < 4.78 is 104. The summed E-state index contributed by atoms with van der Waals surface area (Å²) in [7, 11) is 1.52. The molecular formula is C23H16Cl2F8N6O6. The Kier molecular flexibility index (Phi) is 10.3. The molecule has 0 radical (unpaired) electrons. The molecule has 4 heterocycles. The first-order valence-corrected chi connectivity index (χ1v) is 11.8. The number of rotatable bonds is 2. The Balaban J connectivity index is 0.000000307. The predicted molar refractivity (Wildman–Crippen MR) is 141 cm³/mol. The highest BCUT2D eigenvalue weighted by Crippen LogP contribution is 2.28. The molecule has 12 nitrogen and oxygen atoms in total. The van der Waals surface area contributed by atoms with Crippen LogP contribution in [0.4, 0.5) is 35.1 Å². The van der Waals surface area contributed by atoms with Crippen LogP contribution in [0, 0.1) is 11.6 Å². The summed E-state index contributed by atoms with van der Waals surface area (Å²) in [4.78, 5) is 63.8. The van der Waals surface area contributed by atoms with E-state index in [9.17, 15) is 59.1 Å². The molecule has 0 unspecified atom stereocenters. The van der Waals surface area contributed by atoms with Gasteiger partial charge in [-0.2, -0.15) is 26.3 Å². The largest absolute Gasteiger partial charge is 0.505 e. The summed E-state index contributed by atoms with van der Waals surface area (Å²) in [5.74, 6) is -5.11. The zero-order chi connectivity index (χ0) is 33.6. The number of aromatic amines is 1. The first-order chi connectivity index (χ1) is 20.1. The SMILES string of the molecule is C.Cn1c(C(F)(F)F)cc(=O)n(-c2[nH]c(=O)c(Cl)cc2F)c1=O.Cn1c(C(F)(F)F)cc(=O)n(-c2nc(Cl)c(O)cc2F)c1=O. The second-order valence-corrected chi connectivity index (χ2v) is 9.10. The summed E-state index contributed by atoms with van der Waals surface area (Å²) in [6.45, 7) is 0. The molecule has 4 aromatic heterocycles. The Labute approximate surface area is 252 Å². The Hall–Kier alpha value is -4.72. The van der Waals surface area contributed by atoms with Crippen molar-refractivity contribution >= 4 is 23.2 Å². The van der Waals surface area contributed by atoms with Gasteiger partial charge in [-0.25, -0.2) is 32.5 Å². The van der Waals surface area contributed by atoms with E-state index in [1.54, 1.807) is 0 Å². The van der Waals surface area contributed by atoms with E-state index in [0.29, 0.717) is 12.1 Å². The maximum absolute atomic E-state index is 13.8. The predicted octanol–water partition coefficient (Wildman–Crippen LogP) is 3.12. The summed E-state index contributed by atoms with van der Waals surface area (Å²) in [6.07, 6.45) is -9.89. The van der Waals surface area contributed by atoms with Crippen molar-refractivity contribution in [3.63, 3.8) is 0 Å². The lowest BCUT2D eigenvalue weighted by Crippen LogP contribution is -2.42. The topological polar surface area (TPSA) is 154 Å². The van der Waals surface area contributed by atoms with Crippen molar-refractivity contribution in [2.45, 2.75) is 19.8 Å². The fourth-order valence-corrected chi connectivity index (χ4v) is 3.71. The lowest BCUT2D eigenvalue weighted by Gasteiger charge is -2.13. The van der Waals surface area contributed by atoms with Crippen LogP contribution >= 0.6 is 23.2 Å². The number of nitrogens with one attached hydrogen (secondary N) is 1. The van der Waals surface area contributed by atoms with E-state index in [4.69, 9.17) is 28.3 Å². The van der Waals surface area contributed by atoms with Crippen molar-refractivity contribution in [3.8, 4) is 17.4 Å². The Morgan fingerprint density at radius 3 is 1.67 bits per heavy atom. The quantitative estimate of drug-likeness (QED) is 0.242. The van der Waals surface area contributed by atoms with Crippen molar-refractivity contribution in [1.82, 2.24) is 28.2 Å². The smallest absolute Gasteiger partial charge is 0.431 e. The lowest BCUT2D eigenvalue weighted by molar-refractivity contribution is -0.144. The molecule has 0 atom stereocenters. The highest BCUT2D eigenvalue weighted by atomic mass is 35.5. The third-order valence-corrected chi connectivity index (χ3v) is 6.04. The average Bonchev–Trinajstić information content (AvgIpc) is 2.88. The molecule has 4 rings (SSSR count). The van der Waals surface area contributed by atoms with Crippen LogP contribution in [0.2, 0.25) is 10.2 Å². The van der Waals surface area contributed by atoms with Crippen LogP contribution in [-0.2, 0) is 26.4 Å². The second kappa shape index (κ2) is 12.7. The van der Waals surface area contributed by atoms with E-state index in [1.807, 2.05) is 4.98 Å². The fourth-order valence-electron chi connectivity index (χ4n) is 3.44. The number of H-pyrrole nitrogens is 1. The van der Waals surface area contributed by atoms with Gasteiger partial charge in [0, 0.05) is 38.4 Å². The second-order valence-electron chi connectivity index (χ2n) is 8.33. The van der Waals surface area contributed by atoms with Gasteiger partial charge in [-0.3, -0.25) is 23.5 Å². The molecule has 0 aliphatic heterocycles. The third-order valence-electron chi connectivity index (χ3n) is 5.48. The molecule has 0 saturated heterocycles. The van der Waals surface area contributed by atoms with E-state index in [-0.39, 0.29) is 37.8 Å². The number of hydrogen-bond donors (Lipinski definition) is 2. The van der Waals surface area contributed by atoms with Gasteiger partial charge in [0.1, 0.15) is 16.4 Å². The van der Waals surface area contributed by atoms with E-state index in [2.05, 4.69) is 4.98 Å². The summed E-state index contributed by atoms with van der Waals surface area (Å²) >= 11 is 10.8. The minimum absolute atomic E-state index is 0. The molecule has 22 heteroatoms. The first-order valence-electron chi connectivity index (χ1n) is 11.0. The maximum Gasteiger partial charge on any atom is 0.431 e. The molecule has 0 spiro atoms. The van der Waals surface area contributed by atoms with Crippen molar-refractivity contribution in [2.24, 2.45) is 14.1 Å². The molecule has 0 bridgehead atoms. The van der Waals surface area contributed by atoms with Gasteiger partial charge in [-0.15, -0.1) is 0 Å². The van der Waals surface area contributed by atoms with E-state index >= 15 is 0 Å². The van der Waals surface area contributed by atoms with Crippen LogP contribution in [0.15, 0.2) is 48.2 Å². The van der Waals surface area contributed by atoms with Crippen LogP contribution in [-0.4, -0.2) is 33.3 Å². The molecule has 0 amide bonds. The van der Waals surface area contributed by atoms with Gasteiger partial charge in [-0.1, -0.05) is 30.6 Å². The van der Waals surface area contributed by atoms with Gasteiger partial charge in [0.05, 0.1) is 0 Å². The van der Waals surface area contributed by atoms with Crippen LogP contribution in [0.3, 0.4) is 0 Å². The van der Waals surface area contributed by atoms with Crippen molar-refractivity contribution in [2.75, 3.05) is 0 Å². The van der Waals surface area contributed by atoms with E-state index in [1.165, 1.54) is 0 Å².